The highest BCUT2D eigenvalue weighted by molar-refractivity contribution is 6.00. The van der Waals surface area contributed by atoms with Crippen LogP contribution >= 0.6 is 0 Å². The van der Waals surface area contributed by atoms with Gasteiger partial charge < -0.3 is 4.74 Å². The number of carbonyl (C=O) groups excluding carboxylic acids is 1. The van der Waals surface area contributed by atoms with E-state index in [2.05, 4.69) is 0 Å². The summed E-state index contributed by atoms with van der Waals surface area (Å²) in [5, 5.41) is 0. The van der Waals surface area contributed by atoms with Gasteiger partial charge in [-0.1, -0.05) is 37.3 Å². The minimum absolute atomic E-state index is 0.104. The van der Waals surface area contributed by atoms with E-state index in [0.717, 1.165) is 5.56 Å². The number of ether oxygens (including phenoxy) is 1. The third kappa shape index (κ3) is 2.81. The predicted octanol–water partition coefficient (Wildman–Crippen LogP) is 3.82. The van der Waals surface area contributed by atoms with E-state index in [1.165, 1.54) is 19.2 Å². The van der Waals surface area contributed by atoms with Crippen LogP contribution in [0, 0.1) is 5.82 Å². The van der Waals surface area contributed by atoms with Crippen LogP contribution < -0.4 is 4.74 Å². The molecule has 3 heteroatoms. The van der Waals surface area contributed by atoms with Crippen molar-refractivity contribution in [3.8, 4) is 5.75 Å². The van der Waals surface area contributed by atoms with Crippen molar-refractivity contribution in [2.45, 2.75) is 12.8 Å². The van der Waals surface area contributed by atoms with E-state index in [9.17, 15) is 9.18 Å². The molecule has 0 saturated carbocycles. The Labute approximate surface area is 111 Å². The Morgan fingerprint density at radius 1 is 1.16 bits per heavy atom. The maximum Gasteiger partial charge on any atom is 0.170 e. The predicted molar refractivity (Wildman–Crippen MR) is 72.1 cm³/mol. The van der Waals surface area contributed by atoms with Gasteiger partial charge in [0.2, 0.25) is 0 Å². The summed E-state index contributed by atoms with van der Waals surface area (Å²) >= 11 is 0. The highest BCUT2D eigenvalue weighted by Crippen LogP contribution is 2.23. The molecule has 0 fully saturated rings. The van der Waals surface area contributed by atoms with Gasteiger partial charge in [0.1, 0.15) is 0 Å². The summed E-state index contributed by atoms with van der Waals surface area (Å²) < 4.78 is 18.4. The van der Waals surface area contributed by atoms with E-state index in [1.54, 1.807) is 6.07 Å². The van der Waals surface area contributed by atoms with Crippen molar-refractivity contribution >= 4 is 5.78 Å². The van der Waals surface area contributed by atoms with Crippen molar-refractivity contribution in [2.75, 3.05) is 7.11 Å². The highest BCUT2D eigenvalue weighted by atomic mass is 19.1. The number of ketones is 1. The first-order valence-electron chi connectivity index (χ1n) is 6.06. The van der Waals surface area contributed by atoms with Gasteiger partial charge in [-0.25, -0.2) is 4.39 Å². The Kier molecular flexibility index (Phi) is 3.95. The van der Waals surface area contributed by atoms with Crippen LogP contribution in [0.5, 0.6) is 5.75 Å². The van der Waals surface area contributed by atoms with Crippen LogP contribution in [0.15, 0.2) is 48.5 Å². The van der Waals surface area contributed by atoms with Crippen LogP contribution in [0.25, 0.3) is 0 Å². The lowest BCUT2D eigenvalue weighted by atomic mass is 9.92. The average molecular weight is 258 g/mol. The zero-order valence-corrected chi connectivity index (χ0v) is 10.9. The quantitative estimate of drug-likeness (QED) is 0.779. The van der Waals surface area contributed by atoms with Crippen molar-refractivity contribution < 1.29 is 13.9 Å². The van der Waals surface area contributed by atoms with E-state index in [1.807, 2.05) is 37.3 Å². The maximum atomic E-state index is 13.6. The molecule has 0 radical (unpaired) electrons. The Morgan fingerprint density at radius 2 is 1.84 bits per heavy atom. The summed E-state index contributed by atoms with van der Waals surface area (Å²) in [5.74, 6) is -0.778. The molecule has 0 saturated heterocycles. The molecule has 2 rings (SSSR count). The molecule has 1 unspecified atom stereocenters. The number of hydrogen-bond donors (Lipinski definition) is 0. The zero-order valence-electron chi connectivity index (χ0n) is 10.9. The Balaban J connectivity index is 2.27. The smallest absolute Gasteiger partial charge is 0.170 e. The fourth-order valence-electron chi connectivity index (χ4n) is 1.96. The van der Waals surface area contributed by atoms with Crippen molar-refractivity contribution in [1.82, 2.24) is 0 Å². The third-order valence-corrected chi connectivity index (χ3v) is 3.13. The molecule has 0 aliphatic heterocycles. The standard InChI is InChI=1S/C16H15FO2/c1-11(12-6-4-3-5-7-12)16(18)13-8-9-15(19-2)14(17)10-13/h3-11H,1-2H3. The first-order valence-corrected chi connectivity index (χ1v) is 6.06. The van der Waals surface area contributed by atoms with Crippen molar-refractivity contribution in [2.24, 2.45) is 0 Å². The van der Waals surface area contributed by atoms with Crippen molar-refractivity contribution in [3.05, 3.63) is 65.5 Å². The highest BCUT2D eigenvalue weighted by Gasteiger charge is 2.18. The average Bonchev–Trinajstić information content (AvgIpc) is 2.46. The van der Waals surface area contributed by atoms with Crippen LogP contribution in [-0.4, -0.2) is 12.9 Å². The van der Waals surface area contributed by atoms with Gasteiger partial charge >= 0.3 is 0 Å². The molecule has 0 N–H and O–H groups in total. The molecule has 0 bridgehead atoms. The Bertz CT molecular complexity index is 579. The second-order valence-corrected chi connectivity index (χ2v) is 4.35. The minimum Gasteiger partial charge on any atom is -0.494 e. The number of halogens is 1. The number of rotatable bonds is 4. The number of hydrogen-bond acceptors (Lipinski definition) is 2. The summed E-state index contributed by atoms with van der Waals surface area (Å²) in [4.78, 5) is 12.3. The van der Waals surface area contributed by atoms with Crippen molar-refractivity contribution in [3.63, 3.8) is 0 Å². The molecule has 0 heterocycles. The van der Waals surface area contributed by atoms with Crippen LogP contribution in [0.1, 0.15) is 28.8 Å². The van der Waals surface area contributed by atoms with Gasteiger partial charge in [0, 0.05) is 11.5 Å². The van der Waals surface area contributed by atoms with Gasteiger partial charge in [-0.15, -0.1) is 0 Å². The molecule has 0 amide bonds. The van der Waals surface area contributed by atoms with Crippen LogP contribution in [-0.2, 0) is 0 Å². The van der Waals surface area contributed by atoms with Gasteiger partial charge in [0.15, 0.2) is 17.3 Å². The molecular weight excluding hydrogens is 243 g/mol. The molecule has 0 aliphatic carbocycles. The molecule has 19 heavy (non-hydrogen) atoms. The molecule has 2 aromatic rings. The first-order chi connectivity index (χ1) is 9.13. The number of carbonyl (C=O) groups is 1. The third-order valence-electron chi connectivity index (χ3n) is 3.13. The van der Waals surface area contributed by atoms with Gasteiger partial charge in [-0.05, 0) is 23.8 Å². The Morgan fingerprint density at radius 3 is 2.42 bits per heavy atom. The summed E-state index contributed by atoms with van der Waals surface area (Å²) in [7, 11) is 1.40. The summed E-state index contributed by atoms with van der Waals surface area (Å²) in [5.41, 5.74) is 1.28. The van der Waals surface area contributed by atoms with E-state index >= 15 is 0 Å². The van der Waals surface area contributed by atoms with Gasteiger partial charge in [0.05, 0.1) is 7.11 Å². The second-order valence-electron chi connectivity index (χ2n) is 4.35. The van der Waals surface area contributed by atoms with E-state index in [-0.39, 0.29) is 17.5 Å². The largest absolute Gasteiger partial charge is 0.494 e. The molecule has 2 aromatic carbocycles. The van der Waals surface area contributed by atoms with Crippen LogP contribution in [0.3, 0.4) is 0 Å². The first kappa shape index (κ1) is 13.3. The Hall–Kier alpha value is -2.16. The number of Topliss-reactive ketones (excluding diaryl/α,β-unsaturated/α-hetero) is 1. The lowest BCUT2D eigenvalue weighted by Gasteiger charge is -2.11. The zero-order chi connectivity index (χ0) is 13.8. The summed E-state index contributed by atoms with van der Waals surface area (Å²) in [6, 6.07) is 13.7. The van der Waals surface area contributed by atoms with E-state index in [0.29, 0.717) is 5.56 Å². The van der Waals surface area contributed by atoms with Gasteiger partial charge in [-0.3, -0.25) is 4.79 Å². The summed E-state index contributed by atoms with van der Waals surface area (Å²) in [6.07, 6.45) is 0. The summed E-state index contributed by atoms with van der Waals surface area (Å²) in [6.45, 7) is 1.82. The van der Waals surface area contributed by atoms with Crippen molar-refractivity contribution in [1.29, 1.82) is 0 Å². The molecule has 2 nitrogen and oxygen atoms in total. The van der Waals surface area contributed by atoms with Crippen LogP contribution in [0.4, 0.5) is 4.39 Å². The molecule has 0 aliphatic rings. The van der Waals surface area contributed by atoms with Gasteiger partial charge in [0.25, 0.3) is 0 Å². The topological polar surface area (TPSA) is 26.3 Å². The SMILES string of the molecule is COc1ccc(C(=O)C(C)c2ccccc2)cc1F. The van der Waals surface area contributed by atoms with E-state index < -0.39 is 5.82 Å². The van der Waals surface area contributed by atoms with Gasteiger partial charge in [-0.2, -0.15) is 0 Å². The van der Waals surface area contributed by atoms with Crippen LogP contribution in [0.2, 0.25) is 0 Å². The van der Waals surface area contributed by atoms with E-state index in [4.69, 9.17) is 4.74 Å². The monoisotopic (exact) mass is 258 g/mol. The normalized spacial score (nSPS) is 11.9. The molecule has 98 valence electrons. The fourth-order valence-corrected chi connectivity index (χ4v) is 1.96. The molecule has 0 aromatic heterocycles. The molecule has 0 spiro atoms. The lowest BCUT2D eigenvalue weighted by molar-refractivity contribution is 0.0965. The second kappa shape index (κ2) is 5.65. The number of methoxy groups -OCH3 is 1. The molecular formula is C16H15FO2. The minimum atomic E-state index is -0.520. The number of benzene rings is 2. The lowest BCUT2D eigenvalue weighted by Crippen LogP contribution is -2.10. The molecule has 1 atom stereocenters. The fraction of sp³-hybridized carbons (Fsp3) is 0.188. The maximum absolute atomic E-state index is 13.6.